The first-order chi connectivity index (χ1) is 12.5. The molecule has 2 N–H and O–H groups in total. The van der Waals surface area contributed by atoms with E-state index in [9.17, 15) is 9.59 Å². The highest BCUT2D eigenvalue weighted by molar-refractivity contribution is 6.34. The predicted molar refractivity (Wildman–Crippen MR) is 102 cm³/mol. The Labute approximate surface area is 157 Å². The van der Waals surface area contributed by atoms with Gasteiger partial charge in [0.1, 0.15) is 0 Å². The molecule has 0 bridgehead atoms. The molecule has 1 heterocycles. The van der Waals surface area contributed by atoms with E-state index in [0.717, 1.165) is 25.0 Å². The number of benzene rings is 2. The molecular formula is C20H21ClN2O3. The fourth-order valence-electron chi connectivity index (χ4n) is 2.89. The fourth-order valence-corrected chi connectivity index (χ4v) is 3.21. The number of aryl methyl sites for hydroxylation is 1. The molecule has 136 valence electrons. The third-order valence-corrected chi connectivity index (χ3v) is 4.62. The number of hydrogen-bond donors (Lipinski definition) is 2. The molecule has 5 nitrogen and oxygen atoms in total. The van der Waals surface area contributed by atoms with Crippen molar-refractivity contribution in [1.82, 2.24) is 5.32 Å². The fraction of sp³-hybridized carbons (Fsp3) is 0.300. The van der Waals surface area contributed by atoms with Gasteiger partial charge in [0.25, 0.3) is 11.8 Å². The molecule has 1 fully saturated rings. The van der Waals surface area contributed by atoms with Crippen LogP contribution in [-0.2, 0) is 4.74 Å². The molecule has 1 atom stereocenters. The maximum absolute atomic E-state index is 12.5. The van der Waals surface area contributed by atoms with Gasteiger partial charge < -0.3 is 15.4 Å². The van der Waals surface area contributed by atoms with Gasteiger partial charge in [-0.25, -0.2) is 0 Å². The van der Waals surface area contributed by atoms with Crippen molar-refractivity contribution in [3.05, 3.63) is 64.2 Å². The number of amides is 2. The van der Waals surface area contributed by atoms with Crippen molar-refractivity contribution in [1.29, 1.82) is 0 Å². The molecule has 3 rings (SSSR count). The van der Waals surface area contributed by atoms with E-state index in [0.29, 0.717) is 28.4 Å². The molecule has 1 aliphatic rings. The molecule has 0 aromatic heterocycles. The van der Waals surface area contributed by atoms with Crippen molar-refractivity contribution in [2.45, 2.75) is 25.9 Å². The largest absolute Gasteiger partial charge is 0.376 e. The molecular weight excluding hydrogens is 352 g/mol. The van der Waals surface area contributed by atoms with Crippen LogP contribution in [0.5, 0.6) is 0 Å². The maximum Gasteiger partial charge on any atom is 0.257 e. The minimum Gasteiger partial charge on any atom is -0.376 e. The lowest BCUT2D eigenvalue weighted by Gasteiger charge is -2.14. The molecule has 2 aromatic carbocycles. The Kier molecular flexibility index (Phi) is 5.91. The molecule has 6 heteroatoms. The number of carbonyl (C=O) groups excluding carboxylic acids is 2. The summed E-state index contributed by atoms with van der Waals surface area (Å²) in [5.74, 6) is -0.597. The summed E-state index contributed by atoms with van der Waals surface area (Å²) in [6.45, 7) is 3.11. The summed E-state index contributed by atoms with van der Waals surface area (Å²) >= 11 is 6.16. The Morgan fingerprint density at radius 3 is 2.69 bits per heavy atom. The first-order valence-corrected chi connectivity index (χ1v) is 8.99. The first-order valence-electron chi connectivity index (χ1n) is 8.61. The van der Waals surface area contributed by atoms with Gasteiger partial charge in [-0.15, -0.1) is 0 Å². The molecule has 2 aromatic rings. The third-order valence-electron chi connectivity index (χ3n) is 4.30. The zero-order valence-electron chi connectivity index (χ0n) is 14.5. The van der Waals surface area contributed by atoms with Gasteiger partial charge in [-0.1, -0.05) is 29.8 Å². The van der Waals surface area contributed by atoms with Crippen LogP contribution in [0.25, 0.3) is 0 Å². The Bertz CT molecular complexity index is 816. The van der Waals surface area contributed by atoms with Gasteiger partial charge in [-0.2, -0.15) is 0 Å². The van der Waals surface area contributed by atoms with E-state index in [1.165, 1.54) is 0 Å². The van der Waals surface area contributed by atoms with E-state index >= 15 is 0 Å². The van der Waals surface area contributed by atoms with Crippen LogP contribution in [0.3, 0.4) is 0 Å². The molecule has 1 saturated heterocycles. The minimum atomic E-state index is -0.352. The quantitative estimate of drug-likeness (QED) is 0.838. The van der Waals surface area contributed by atoms with Gasteiger partial charge in [-0.05, 0) is 49.6 Å². The van der Waals surface area contributed by atoms with Crippen LogP contribution in [0, 0.1) is 6.92 Å². The number of anilines is 1. The Balaban J connectivity index is 1.71. The number of halogens is 1. The summed E-state index contributed by atoms with van der Waals surface area (Å²) in [6, 6.07) is 12.1. The zero-order chi connectivity index (χ0) is 18.5. The average molecular weight is 373 g/mol. The van der Waals surface area contributed by atoms with Crippen molar-refractivity contribution >= 4 is 29.1 Å². The SMILES string of the molecule is Cc1ccc(C(=O)Nc2ccccc2C(=O)NCC2CCCO2)c(Cl)c1. The first kappa shape index (κ1) is 18.4. The second-order valence-electron chi connectivity index (χ2n) is 6.33. The van der Waals surface area contributed by atoms with E-state index in [1.807, 2.05) is 13.0 Å². The van der Waals surface area contributed by atoms with Crippen molar-refractivity contribution < 1.29 is 14.3 Å². The summed E-state index contributed by atoms with van der Waals surface area (Å²) in [6.07, 6.45) is 2.03. The van der Waals surface area contributed by atoms with E-state index in [-0.39, 0.29) is 17.9 Å². The normalized spacial score (nSPS) is 16.3. The number of ether oxygens (including phenoxy) is 1. The molecule has 26 heavy (non-hydrogen) atoms. The van der Waals surface area contributed by atoms with Crippen LogP contribution in [-0.4, -0.2) is 31.1 Å². The summed E-state index contributed by atoms with van der Waals surface area (Å²) in [7, 11) is 0. The number of hydrogen-bond acceptors (Lipinski definition) is 3. The van der Waals surface area contributed by atoms with Crippen LogP contribution in [0.2, 0.25) is 5.02 Å². The smallest absolute Gasteiger partial charge is 0.257 e. The van der Waals surface area contributed by atoms with Crippen LogP contribution < -0.4 is 10.6 Å². The lowest BCUT2D eigenvalue weighted by molar-refractivity contribution is 0.0858. The van der Waals surface area contributed by atoms with Crippen molar-refractivity contribution in [2.75, 3.05) is 18.5 Å². The van der Waals surface area contributed by atoms with E-state index in [4.69, 9.17) is 16.3 Å². The highest BCUT2D eigenvalue weighted by Gasteiger charge is 2.19. The predicted octanol–water partition coefficient (Wildman–Crippen LogP) is 3.81. The zero-order valence-corrected chi connectivity index (χ0v) is 15.3. The summed E-state index contributed by atoms with van der Waals surface area (Å²) in [5.41, 5.74) is 2.19. The number of para-hydroxylation sites is 1. The Hall–Kier alpha value is -2.37. The van der Waals surface area contributed by atoms with Gasteiger partial charge in [-0.3, -0.25) is 9.59 Å². The van der Waals surface area contributed by atoms with Crippen LogP contribution in [0.4, 0.5) is 5.69 Å². The molecule has 0 saturated carbocycles. The van der Waals surface area contributed by atoms with Crippen molar-refractivity contribution in [3.63, 3.8) is 0 Å². The standard InChI is InChI=1S/C20H21ClN2O3/c1-13-8-9-15(17(21)11-13)20(25)23-18-7-3-2-6-16(18)19(24)22-12-14-5-4-10-26-14/h2-3,6-9,11,14H,4-5,10,12H2,1H3,(H,22,24)(H,23,25). The average Bonchev–Trinajstić information content (AvgIpc) is 3.13. The molecule has 1 unspecified atom stereocenters. The van der Waals surface area contributed by atoms with Crippen LogP contribution in [0.1, 0.15) is 39.1 Å². The van der Waals surface area contributed by atoms with Gasteiger partial charge in [0.05, 0.1) is 27.9 Å². The maximum atomic E-state index is 12.5. The highest BCUT2D eigenvalue weighted by Crippen LogP contribution is 2.21. The second-order valence-corrected chi connectivity index (χ2v) is 6.74. The lowest BCUT2D eigenvalue weighted by Crippen LogP contribution is -2.32. The van der Waals surface area contributed by atoms with Crippen molar-refractivity contribution in [3.8, 4) is 0 Å². The number of rotatable bonds is 5. The topological polar surface area (TPSA) is 67.4 Å². The van der Waals surface area contributed by atoms with Gasteiger partial charge in [0, 0.05) is 13.2 Å². The third kappa shape index (κ3) is 4.42. The Morgan fingerprint density at radius 2 is 1.96 bits per heavy atom. The minimum absolute atomic E-state index is 0.0621. The molecule has 0 spiro atoms. The highest BCUT2D eigenvalue weighted by atomic mass is 35.5. The monoisotopic (exact) mass is 372 g/mol. The number of nitrogens with one attached hydrogen (secondary N) is 2. The lowest BCUT2D eigenvalue weighted by atomic mass is 10.1. The summed E-state index contributed by atoms with van der Waals surface area (Å²) in [4.78, 5) is 25.0. The van der Waals surface area contributed by atoms with Gasteiger partial charge >= 0.3 is 0 Å². The Morgan fingerprint density at radius 1 is 1.15 bits per heavy atom. The van der Waals surface area contributed by atoms with Crippen LogP contribution in [0.15, 0.2) is 42.5 Å². The van der Waals surface area contributed by atoms with E-state index in [1.54, 1.807) is 36.4 Å². The summed E-state index contributed by atoms with van der Waals surface area (Å²) in [5, 5.41) is 6.03. The second kappa shape index (κ2) is 8.34. The van der Waals surface area contributed by atoms with E-state index < -0.39 is 0 Å². The van der Waals surface area contributed by atoms with Crippen LogP contribution >= 0.6 is 11.6 Å². The summed E-state index contributed by atoms with van der Waals surface area (Å²) < 4.78 is 5.52. The molecule has 0 aliphatic carbocycles. The van der Waals surface area contributed by atoms with Gasteiger partial charge in [0.2, 0.25) is 0 Å². The molecule has 0 radical (unpaired) electrons. The number of carbonyl (C=O) groups is 2. The molecule has 1 aliphatic heterocycles. The van der Waals surface area contributed by atoms with E-state index in [2.05, 4.69) is 10.6 Å². The molecule has 2 amide bonds. The van der Waals surface area contributed by atoms with Gasteiger partial charge in [0.15, 0.2) is 0 Å². The van der Waals surface area contributed by atoms with Crippen molar-refractivity contribution in [2.24, 2.45) is 0 Å².